The Labute approximate surface area is 103 Å². The summed E-state index contributed by atoms with van der Waals surface area (Å²) in [6.07, 6.45) is -1.07. The van der Waals surface area contributed by atoms with Gasteiger partial charge in [0.1, 0.15) is 5.76 Å². The van der Waals surface area contributed by atoms with E-state index >= 15 is 0 Å². The Balaban J connectivity index is 1.67. The second-order valence-electron chi connectivity index (χ2n) is 4.53. The first-order valence-corrected chi connectivity index (χ1v) is 5.95. The molecule has 0 amide bonds. The first-order valence-electron chi connectivity index (χ1n) is 5.95. The fraction of sp³-hybridized carbons (Fsp3) is 0.727. The van der Waals surface area contributed by atoms with Crippen LogP contribution in [0, 0.1) is 0 Å². The molecule has 1 saturated heterocycles. The van der Waals surface area contributed by atoms with Crippen molar-refractivity contribution < 1.29 is 17.7 Å². The second kappa shape index (κ2) is 5.71. The van der Waals surface area contributed by atoms with Gasteiger partial charge in [-0.3, -0.25) is 4.90 Å². The Morgan fingerprint density at radius 1 is 1.39 bits per heavy atom. The standard InChI is InChI=1S/C11H16F3N3O/c12-11(13,14)8-17-5-2-9(3-6-17)15-7-10-1-4-16-18-10/h1,4,9,15H,2-3,5-8H2. The van der Waals surface area contributed by atoms with E-state index in [2.05, 4.69) is 10.5 Å². The Bertz CT molecular complexity index is 345. The maximum absolute atomic E-state index is 12.2. The lowest BCUT2D eigenvalue weighted by molar-refractivity contribution is -0.148. The number of aromatic nitrogens is 1. The zero-order valence-electron chi connectivity index (χ0n) is 9.91. The van der Waals surface area contributed by atoms with E-state index < -0.39 is 12.7 Å². The molecule has 1 aliphatic heterocycles. The molecule has 18 heavy (non-hydrogen) atoms. The van der Waals surface area contributed by atoms with Crippen LogP contribution in [0.5, 0.6) is 0 Å². The number of nitrogens with zero attached hydrogens (tertiary/aromatic N) is 2. The first kappa shape index (κ1) is 13.4. The van der Waals surface area contributed by atoms with Crippen LogP contribution in [0.25, 0.3) is 0 Å². The van der Waals surface area contributed by atoms with E-state index in [9.17, 15) is 13.2 Å². The minimum absolute atomic E-state index is 0.250. The fourth-order valence-corrected chi connectivity index (χ4v) is 2.13. The van der Waals surface area contributed by atoms with Gasteiger partial charge in [0.25, 0.3) is 0 Å². The van der Waals surface area contributed by atoms with E-state index in [1.54, 1.807) is 12.3 Å². The van der Waals surface area contributed by atoms with Crippen LogP contribution in [0.2, 0.25) is 0 Å². The molecule has 0 aromatic carbocycles. The lowest BCUT2D eigenvalue weighted by atomic mass is 10.1. The maximum atomic E-state index is 12.2. The van der Waals surface area contributed by atoms with Crippen LogP contribution in [0.1, 0.15) is 18.6 Å². The summed E-state index contributed by atoms with van der Waals surface area (Å²) >= 11 is 0. The number of halogens is 3. The van der Waals surface area contributed by atoms with Crippen molar-refractivity contribution in [1.29, 1.82) is 0 Å². The molecule has 2 heterocycles. The number of rotatable bonds is 4. The molecule has 0 spiro atoms. The molecule has 1 aromatic rings. The predicted molar refractivity (Wildman–Crippen MR) is 58.9 cm³/mol. The van der Waals surface area contributed by atoms with Crippen molar-refractivity contribution >= 4 is 0 Å². The van der Waals surface area contributed by atoms with Gasteiger partial charge in [-0.15, -0.1) is 0 Å². The minimum atomic E-state index is -4.10. The molecule has 0 atom stereocenters. The molecule has 1 fully saturated rings. The van der Waals surface area contributed by atoms with Crippen LogP contribution >= 0.6 is 0 Å². The van der Waals surface area contributed by atoms with Gasteiger partial charge in [0.05, 0.1) is 19.3 Å². The van der Waals surface area contributed by atoms with Gasteiger partial charge in [0, 0.05) is 12.1 Å². The number of likely N-dealkylation sites (tertiary alicyclic amines) is 1. The molecule has 0 aliphatic carbocycles. The van der Waals surface area contributed by atoms with Gasteiger partial charge in [0.15, 0.2) is 0 Å². The third kappa shape index (κ3) is 4.30. The van der Waals surface area contributed by atoms with Gasteiger partial charge in [-0.2, -0.15) is 13.2 Å². The van der Waals surface area contributed by atoms with Crippen LogP contribution in [-0.2, 0) is 6.54 Å². The van der Waals surface area contributed by atoms with Gasteiger partial charge in [-0.1, -0.05) is 5.16 Å². The smallest absolute Gasteiger partial charge is 0.360 e. The first-order chi connectivity index (χ1) is 8.53. The number of piperidine rings is 1. The third-order valence-electron chi connectivity index (χ3n) is 3.05. The summed E-state index contributed by atoms with van der Waals surface area (Å²) in [5, 5.41) is 6.86. The fourth-order valence-electron chi connectivity index (χ4n) is 2.13. The lowest BCUT2D eigenvalue weighted by Gasteiger charge is -2.32. The van der Waals surface area contributed by atoms with Crippen molar-refractivity contribution in [3.05, 3.63) is 18.0 Å². The van der Waals surface area contributed by atoms with E-state index in [0.717, 1.165) is 18.6 Å². The van der Waals surface area contributed by atoms with E-state index in [1.807, 2.05) is 0 Å². The van der Waals surface area contributed by atoms with Crippen molar-refractivity contribution in [2.24, 2.45) is 0 Å². The van der Waals surface area contributed by atoms with Gasteiger partial charge >= 0.3 is 6.18 Å². The monoisotopic (exact) mass is 263 g/mol. The van der Waals surface area contributed by atoms with Crippen molar-refractivity contribution in [2.45, 2.75) is 31.6 Å². The van der Waals surface area contributed by atoms with Crippen molar-refractivity contribution in [1.82, 2.24) is 15.4 Å². The molecule has 102 valence electrons. The number of alkyl halides is 3. The average Bonchev–Trinajstić information content (AvgIpc) is 2.79. The van der Waals surface area contributed by atoms with Crippen molar-refractivity contribution in [3.8, 4) is 0 Å². The SMILES string of the molecule is FC(F)(F)CN1CCC(NCc2ccno2)CC1. The highest BCUT2D eigenvalue weighted by Crippen LogP contribution is 2.19. The van der Waals surface area contributed by atoms with E-state index in [-0.39, 0.29) is 6.04 Å². The Kier molecular flexibility index (Phi) is 4.23. The lowest BCUT2D eigenvalue weighted by Crippen LogP contribution is -2.45. The Morgan fingerprint density at radius 3 is 2.67 bits per heavy atom. The van der Waals surface area contributed by atoms with E-state index in [0.29, 0.717) is 19.6 Å². The summed E-state index contributed by atoms with van der Waals surface area (Å²) in [4.78, 5) is 1.45. The summed E-state index contributed by atoms with van der Waals surface area (Å²) in [6.45, 7) is 0.729. The number of hydrogen-bond acceptors (Lipinski definition) is 4. The Hall–Kier alpha value is -1.08. The molecule has 4 nitrogen and oxygen atoms in total. The quantitative estimate of drug-likeness (QED) is 0.899. The summed E-state index contributed by atoms with van der Waals surface area (Å²) in [5.41, 5.74) is 0. The van der Waals surface area contributed by atoms with E-state index in [1.165, 1.54) is 4.90 Å². The molecule has 2 rings (SSSR count). The van der Waals surface area contributed by atoms with Gasteiger partial charge < -0.3 is 9.84 Å². The molecule has 0 radical (unpaired) electrons. The van der Waals surface area contributed by atoms with Crippen molar-refractivity contribution in [2.75, 3.05) is 19.6 Å². The van der Waals surface area contributed by atoms with Crippen LogP contribution < -0.4 is 5.32 Å². The van der Waals surface area contributed by atoms with Gasteiger partial charge in [-0.25, -0.2) is 0 Å². The highest BCUT2D eigenvalue weighted by atomic mass is 19.4. The molecular weight excluding hydrogens is 247 g/mol. The average molecular weight is 263 g/mol. The largest absolute Gasteiger partial charge is 0.401 e. The summed E-state index contributed by atoms with van der Waals surface area (Å²) in [6, 6.07) is 2.02. The normalized spacial score (nSPS) is 19.3. The summed E-state index contributed by atoms with van der Waals surface area (Å²) in [5.74, 6) is 0.743. The molecule has 1 aliphatic rings. The van der Waals surface area contributed by atoms with Crippen LogP contribution in [0.4, 0.5) is 13.2 Å². The summed E-state index contributed by atoms with van der Waals surface area (Å²) in [7, 11) is 0. The maximum Gasteiger partial charge on any atom is 0.401 e. The van der Waals surface area contributed by atoms with Crippen LogP contribution in [0.15, 0.2) is 16.8 Å². The third-order valence-corrected chi connectivity index (χ3v) is 3.05. The highest BCUT2D eigenvalue weighted by molar-refractivity contribution is 4.93. The zero-order chi connectivity index (χ0) is 13.0. The molecule has 0 bridgehead atoms. The second-order valence-corrected chi connectivity index (χ2v) is 4.53. The van der Waals surface area contributed by atoms with Gasteiger partial charge in [0.2, 0.25) is 0 Å². The topological polar surface area (TPSA) is 41.3 Å². The molecule has 1 N–H and O–H groups in total. The van der Waals surface area contributed by atoms with Crippen molar-refractivity contribution in [3.63, 3.8) is 0 Å². The predicted octanol–water partition coefficient (Wildman–Crippen LogP) is 1.79. The zero-order valence-corrected chi connectivity index (χ0v) is 9.91. The molecule has 1 aromatic heterocycles. The van der Waals surface area contributed by atoms with Crippen LogP contribution in [-0.4, -0.2) is 41.9 Å². The highest BCUT2D eigenvalue weighted by Gasteiger charge is 2.32. The number of hydrogen-bond donors (Lipinski definition) is 1. The minimum Gasteiger partial charge on any atom is -0.360 e. The summed E-state index contributed by atoms with van der Waals surface area (Å²) < 4.78 is 41.5. The van der Waals surface area contributed by atoms with Crippen LogP contribution in [0.3, 0.4) is 0 Å². The molecule has 0 saturated carbocycles. The molecule has 0 unspecified atom stereocenters. The number of nitrogens with one attached hydrogen (secondary N) is 1. The molecular formula is C11H16F3N3O. The van der Waals surface area contributed by atoms with Gasteiger partial charge in [-0.05, 0) is 25.9 Å². The molecule has 7 heteroatoms. The van der Waals surface area contributed by atoms with E-state index in [4.69, 9.17) is 4.52 Å². The Morgan fingerprint density at radius 2 is 2.11 bits per heavy atom.